The second kappa shape index (κ2) is 11.3. The van der Waals surface area contributed by atoms with Crippen molar-refractivity contribution in [1.82, 2.24) is 5.32 Å². The first-order valence-electron chi connectivity index (χ1n) is 9.16. The molecule has 0 rings (SSSR count). The monoisotopic (exact) mass is 391 g/mol. The van der Waals surface area contributed by atoms with E-state index in [1.54, 1.807) is 6.08 Å². The molecule has 154 valence electrons. The van der Waals surface area contributed by atoms with Crippen molar-refractivity contribution >= 4 is 18.5 Å². The van der Waals surface area contributed by atoms with Crippen LogP contribution < -0.4 is 5.32 Å². The minimum atomic E-state index is -1.70. The molecule has 6 atom stereocenters. The van der Waals surface area contributed by atoms with Crippen LogP contribution in [0.25, 0.3) is 0 Å². The Labute approximate surface area is 163 Å². The Bertz CT molecular complexity index is 453. The van der Waals surface area contributed by atoms with Gasteiger partial charge in [0.25, 0.3) is 5.91 Å². The summed E-state index contributed by atoms with van der Waals surface area (Å²) in [6.07, 6.45) is -0.240. The van der Waals surface area contributed by atoms with Crippen molar-refractivity contribution in [3.05, 3.63) is 12.2 Å². The van der Waals surface area contributed by atoms with Crippen molar-refractivity contribution in [2.24, 2.45) is 17.3 Å². The van der Waals surface area contributed by atoms with E-state index < -0.39 is 36.9 Å². The minimum Gasteiger partial charge on any atom is -0.394 e. The van der Waals surface area contributed by atoms with Gasteiger partial charge in [0.1, 0.15) is 6.10 Å². The maximum absolute atomic E-state index is 12.2. The maximum atomic E-state index is 12.2. The number of allylic oxidation sites excluding steroid dienone is 1. The third kappa shape index (κ3) is 8.39. The van der Waals surface area contributed by atoms with Crippen LogP contribution in [0.2, 0.25) is 0 Å². The Kier molecular flexibility index (Phi) is 11.0. The van der Waals surface area contributed by atoms with Crippen LogP contribution in [-0.4, -0.2) is 62.5 Å². The molecule has 0 aliphatic heterocycles. The van der Waals surface area contributed by atoms with Gasteiger partial charge in [-0.15, -0.1) is 0 Å². The second-order valence-electron chi connectivity index (χ2n) is 8.19. The van der Waals surface area contributed by atoms with E-state index in [9.17, 15) is 25.2 Å². The molecular formula is C19H37NO5S. The molecule has 0 aromatic rings. The van der Waals surface area contributed by atoms with E-state index in [0.717, 1.165) is 6.42 Å². The molecule has 0 bridgehead atoms. The van der Waals surface area contributed by atoms with Gasteiger partial charge in [0.2, 0.25) is 0 Å². The standard InChI is InChI=1S/C19H37NO5S/c1-11(2)9-12(3)16(23)14(10-21)20-18(25)17(24)15(22)7-8-19(5,6)13(4)26/h7-8,11-17,21-24,26H,9-10H2,1-6H3,(H,20,25)/b8-7+/t12?,13?,14-,15?,16+,17?/m0/s1. The van der Waals surface area contributed by atoms with Gasteiger partial charge < -0.3 is 25.7 Å². The summed E-state index contributed by atoms with van der Waals surface area (Å²) in [5, 5.41) is 42.3. The molecule has 26 heavy (non-hydrogen) atoms. The average molecular weight is 392 g/mol. The van der Waals surface area contributed by atoms with Crippen molar-refractivity contribution < 1.29 is 25.2 Å². The number of aliphatic hydroxyl groups excluding tert-OH is 4. The number of rotatable bonds is 11. The smallest absolute Gasteiger partial charge is 0.252 e. The highest BCUT2D eigenvalue weighted by Gasteiger charge is 2.30. The fourth-order valence-electron chi connectivity index (χ4n) is 2.53. The molecule has 0 fully saturated rings. The van der Waals surface area contributed by atoms with Gasteiger partial charge in [-0.2, -0.15) is 12.6 Å². The topological polar surface area (TPSA) is 110 Å². The largest absolute Gasteiger partial charge is 0.394 e. The SMILES string of the molecule is CC(C)CC(C)[C@@H](O)[C@H](CO)NC(=O)C(O)C(O)/C=C/C(C)(C)C(C)S. The summed E-state index contributed by atoms with van der Waals surface area (Å²) in [5.41, 5.74) is -0.323. The van der Waals surface area contributed by atoms with Crippen LogP contribution in [-0.2, 0) is 4.79 Å². The zero-order valence-electron chi connectivity index (χ0n) is 16.8. The van der Waals surface area contributed by atoms with E-state index >= 15 is 0 Å². The van der Waals surface area contributed by atoms with Crippen LogP contribution in [0.5, 0.6) is 0 Å². The van der Waals surface area contributed by atoms with Crippen molar-refractivity contribution in [3.8, 4) is 0 Å². The van der Waals surface area contributed by atoms with Gasteiger partial charge in [0.15, 0.2) is 6.10 Å². The lowest BCUT2D eigenvalue weighted by Crippen LogP contribution is -2.53. The molecule has 0 saturated carbocycles. The fourth-order valence-corrected chi connectivity index (χ4v) is 2.62. The summed E-state index contributed by atoms with van der Waals surface area (Å²) in [4.78, 5) is 12.2. The van der Waals surface area contributed by atoms with Crippen LogP contribution in [0.3, 0.4) is 0 Å². The van der Waals surface area contributed by atoms with Crippen molar-refractivity contribution in [3.63, 3.8) is 0 Å². The Hall–Kier alpha value is -0.600. The van der Waals surface area contributed by atoms with Gasteiger partial charge >= 0.3 is 0 Å². The fraction of sp³-hybridized carbons (Fsp3) is 0.842. The van der Waals surface area contributed by atoms with Gasteiger partial charge in [-0.1, -0.05) is 53.7 Å². The molecule has 0 aromatic heterocycles. The first kappa shape index (κ1) is 25.4. The molecule has 0 heterocycles. The van der Waals surface area contributed by atoms with Crippen LogP contribution in [0.15, 0.2) is 12.2 Å². The summed E-state index contributed by atoms with van der Waals surface area (Å²) in [6.45, 7) is 11.2. The summed E-state index contributed by atoms with van der Waals surface area (Å²) in [7, 11) is 0. The number of amides is 1. The molecule has 0 radical (unpaired) electrons. The molecule has 0 aromatic carbocycles. The summed E-state index contributed by atoms with van der Waals surface area (Å²) in [5.74, 6) is -0.606. The first-order chi connectivity index (χ1) is 11.8. The minimum absolute atomic E-state index is 0.0216. The summed E-state index contributed by atoms with van der Waals surface area (Å²) in [6, 6.07) is -0.906. The van der Waals surface area contributed by atoms with Crippen LogP contribution >= 0.6 is 12.6 Å². The van der Waals surface area contributed by atoms with E-state index in [-0.39, 0.29) is 16.6 Å². The molecule has 7 heteroatoms. The van der Waals surface area contributed by atoms with E-state index in [4.69, 9.17) is 0 Å². The van der Waals surface area contributed by atoms with Crippen molar-refractivity contribution in [2.45, 2.75) is 77.6 Å². The maximum Gasteiger partial charge on any atom is 0.252 e. The highest BCUT2D eigenvalue weighted by molar-refractivity contribution is 7.81. The zero-order valence-corrected chi connectivity index (χ0v) is 17.6. The van der Waals surface area contributed by atoms with E-state index in [0.29, 0.717) is 5.92 Å². The molecule has 4 unspecified atom stereocenters. The summed E-state index contributed by atoms with van der Waals surface area (Å²) < 4.78 is 0. The number of thiol groups is 1. The predicted molar refractivity (Wildman–Crippen MR) is 107 cm³/mol. The molecule has 0 saturated heterocycles. The normalized spacial score (nSPS) is 19.8. The van der Waals surface area contributed by atoms with E-state index in [1.807, 2.05) is 41.5 Å². The van der Waals surface area contributed by atoms with Gasteiger partial charge in [-0.05, 0) is 23.7 Å². The molecule has 0 aliphatic carbocycles. The lowest BCUT2D eigenvalue weighted by Gasteiger charge is -2.29. The summed E-state index contributed by atoms with van der Waals surface area (Å²) >= 11 is 4.37. The molecular weight excluding hydrogens is 354 g/mol. The Morgan fingerprint density at radius 3 is 2.12 bits per heavy atom. The van der Waals surface area contributed by atoms with Gasteiger partial charge in [0.05, 0.1) is 18.8 Å². The number of hydrogen-bond acceptors (Lipinski definition) is 6. The quantitative estimate of drug-likeness (QED) is 0.234. The van der Waals surface area contributed by atoms with E-state index in [2.05, 4.69) is 17.9 Å². The van der Waals surface area contributed by atoms with Crippen molar-refractivity contribution in [1.29, 1.82) is 0 Å². The Balaban J connectivity index is 4.87. The van der Waals surface area contributed by atoms with Crippen molar-refractivity contribution in [2.75, 3.05) is 6.61 Å². The number of hydrogen-bond donors (Lipinski definition) is 6. The van der Waals surface area contributed by atoms with E-state index in [1.165, 1.54) is 6.08 Å². The average Bonchev–Trinajstić information content (AvgIpc) is 2.55. The lowest BCUT2D eigenvalue weighted by atomic mass is 9.88. The highest BCUT2D eigenvalue weighted by Crippen LogP contribution is 2.26. The van der Waals surface area contributed by atoms with Gasteiger partial charge in [0, 0.05) is 5.25 Å². The third-order valence-electron chi connectivity index (χ3n) is 4.75. The lowest BCUT2D eigenvalue weighted by molar-refractivity contribution is -0.135. The van der Waals surface area contributed by atoms with Crippen LogP contribution in [0.4, 0.5) is 0 Å². The predicted octanol–water partition coefficient (Wildman–Crippen LogP) is 1.13. The molecule has 5 N–H and O–H groups in total. The van der Waals surface area contributed by atoms with Gasteiger partial charge in [-0.25, -0.2) is 0 Å². The molecule has 6 nitrogen and oxygen atoms in total. The number of aliphatic hydroxyl groups is 4. The van der Waals surface area contributed by atoms with Gasteiger partial charge in [-0.3, -0.25) is 4.79 Å². The first-order valence-corrected chi connectivity index (χ1v) is 9.68. The number of nitrogens with one attached hydrogen (secondary N) is 1. The number of carbonyl (C=O) groups excluding carboxylic acids is 1. The second-order valence-corrected chi connectivity index (χ2v) is 8.96. The van der Waals surface area contributed by atoms with Crippen LogP contribution in [0.1, 0.15) is 48.0 Å². The highest BCUT2D eigenvalue weighted by atomic mass is 32.1. The Morgan fingerprint density at radius 2 is 1.69 bits per heavy atom. The van der Waals surface area contributed by atoms with Crippen LogP contribution in [0, 0.1) is 17.3 Å². The molecule has 1 amide bonds. The zero-order chi connectivity index (χ0) is 20.7. The molecule has 0 spiro atoms. The number of carbonyl (C=O) groups is 1. The Morgan fingerprint density at radius 1 is 1.15 bits per heavy atom. The molecule has 0 aliphatic rings. The third-order valence-corrected chi connectivity index (χ3v) is 5.42.